The van der Waals surface area contributed by atoms with Crippen LogP contribution in [0.3, 0.4) is 0 Å². The molecule has 1 atom stereocenters. The molecule has 1 aromatic rings. The second kappa shape index (κ2) is 8.25. The van der Waals surface area contributed by atoms with Gasteiger partial charge in [-0.2, -0.15) is 0 Å². The van der Waals surface area contributed by atoms with E-state index in [0.29, 0.717) is 0 Å². The molecule has 20 heavy (non-hydrogen) atoms. The molecule has 0 bridgehead atoms. The molecule has 0 fully saturated rings. The van der Waals surface area contributed by atoms with Gasteiger partial charge in [0.15, 0.2) is 0 Å². The number of nitrogens with zero attached hydrogens (tertiary/aromatic N) is 1. The van der Waals surface area contributed by atoms with E-state index in [9.17, 15) is 4.39 Å². The highest BCUT2D eigenvalue weighted by molar-refractivity contribution is 5.56. The zero-order valence-corrected chi connectivity index (χ0v) is 13.6. The highest BCUT2D eigenvalue weighted by atomic mass is 19.1. The first-order valence-corrected chi connectivity index (χ1v) is 7.75. The van der Waals surface area contributed by atoms with Gasteiger partial charge in [0.2, 0.25) is 0 Å². The first-order valence-electron chi connectivity index (χ1n) is 7.75. The van der Waals surface area contributed by atoms with Gasteiger partial charge in [0.1, 0.15) is 5.82 Å². The summed E-state index contributed by atoms with van der Waals surface area (Å²) in [5.74, 6) is -0.115. The van der Waals surface area contributed by atoms with E-state index in [-0.39, 0.29) is 11.9 Å². The van der Waals surface area contributed by atoms with Crippen LogP contribution in [-0.4, -0.2) is 20.1 Å². The number of benzene rings is 1. The normalized spacial score (nSPS) is 12.5. The lowest BCUT2D eigenvalue weighted by atomic mass is 10.0. The number of halogens is 1. The van der Waals surface area contributed by atoms with E-state index in [2.05, 4.69) is 38.0 Å². The molecule has 0 saturated carbocycles. The highest BCUT2D eigenvalue weighted by Gasteiger charge is 2.15. The number of rotatable bonds is 8. The van der Waals surface area contributed by atoms with Crippen LogP contribution < -0.4 is 10.2 Å². The molecular weight excluding hydrogens is 251 g/mol. The van der Waals surface area contributed by atoms with Crippen molar-refractivity contribution in [2.24, 2.45) is 0 Å². The molecule has 0 aliphatic carbocycles. The largest absolute Gasteiger partial charge is 0.374 e. The van der Waals surface area contributed by atoms with Gasteiger partial charge in [-0.05, 0) is 50.1 Å². The fraction of sp³-hybridized carbons (Fsp3) is 0.647. The SMILES string of the molecule is CCCCCN(C)c1cc(C)c(F)cc1C(C)NCC. The molecule has 0 saturated heterocycles. The lowest BCUT2D eigenvalue weighted by Gasteiger charge is -2.26. The van der Waals surface area contributed by atoms with Gasteiger partial charge in [-0.25, -0.2) is 4.39 Å². The van der Waals surface area contributed by atoms with Crippen LogP contribution in [0, 0.1) is 12.7 Å². The van der Waals surface area contributed by atoms with Crippen molar-refractivity contribution in [3.63, 3.8) is 0 Å². The van der Waals surface area contributed by atoms with Gasteiger partial charge < -0.3 is 10.2 Å². The van der Waals surface area contributed by atoms with E-state index < -0.39 is 0 Å². The lowest BCUT2D eigenvalue weighted by Crippen LogP contribution is -2.24. The van der Waals surface area contributed by atoms with Crippen LogP contribution in [0.25, 0.3) is 0 Å². The van der Waals surface area contributed by atoms with Crippen molar-refractivity contribution >= 4 is 5.69 Å². The predicted molar refractivity (Wildman–Crippen MR) is 86.0 cm³/mol. The Morgan fingerprint density at radius 2 is 1.95 bits per heavy atom. The van der Waals surface area contributed by atoms with Crippen molar-refractivity contribution in [2.45, 2.75) is 53.0 Å². The van der Waals surface area contributed by atoms with E-state index >= 15 is 0 Å². The fourth-order valence-corrected chi connectivity index (χ4v) is 2.49. The Hall–Kier alpha value is -1.09. The molecule has 1 N–H and O–H groups in total. The quantitative estimate of drug-likeness (QED) is 0.709. The van der Waals surface area contributed by atoms with Gasteiger partial charge in [-0.15, -0.1) is 0 Å². The maximum absolute atomic E-state index is 13.9. The molecule has 0 aliphatic rings. The monoisotopic (exact) mass is 280 g/mol. The lowest BCUT2D eigenvalue weighted by molar-refractivity contribution is 0.577. The Bertz CT molecular complexity index is 418. The summed E-state index contributed by atoms with van der Waals surface area (Å²) in [5.41, 5.74) is 2.91. The first kappa shape index (κ1) is 17.0. The molecule has 0 heterocycles. The van der Waals surface area contributed by atoms with E-state index in [4.69, 9.17) is 0 Å². The van der Waals surface area contributed by atoms with Crippen molar-refractivity contribution in [1.82, 2.24) is 5.32 Å². The van der Waals surface area contributed by atoms with Crippen LogP contribution in [0.4, 0.5) is 10.1 Å². The van der Waals surface area contributed by atoms with Gasteiger partial charge in [0.25, 0.3) is 0 Å². The third-order valence-corrected chi connectivity index (χ3v) is 3.79. The summed E-state index contributed by atoms with van der Waals surface area (Å²) in [4.78, 5) is 2.26. The standard InChI is InChI=1S/C17H29FN2/c1-6-8-9-10-20(5)17-11-13(3)16(18)12-15(17)14(4)19-7-2/h11-12,14,19H,6-10H2,1-5H3. The molecule has 0 radical (unpaired) electrons. The van der Waals surface area contributed by atoms with E-state index in [0.717, 1.165) is 29.9 Å². The summed E-state index contributed by atoms with van der Waals surface area (Å²) in [7, 11) is 2.10. The van der Waals surface area contributed by atoms with Crippen LogP contribution in [0.1, 0.15) is 57.2 Å². The summed E-state index contributed by atoms with van der Waals surface area (Å²) >= 11 is 0. The Kier molecular flexibility index (Phi) is 7.00. The fourth-order valence-electron chi connectivity index (χ4n) is 2.49. The van der Waals surface area contributed by atoms with E-state index in [1.54, 1.807) is 6.07 Å². The van der Waals surface area contributed by atoms with Crippen LogP contribution in [0.5, 0.6) is 0 Å². The predicted octanol–water partition coefficient (Wildman–Crippen LogP) is 4.43. The molecule has 3 heteroatoms. The summed E-state index contributed by atoms with van der Waals surface area (Å²) < 4.78 is 13.9. The van der Waals surface area contributed by atoms with Crippen molar-refractivity contribution in [3.05, 3.63) is 29.1 Å². The number of nitrogens with one attached hydrogen (secondary N) is 1. The second-order valence-corrected chi connectivity index (χ2v) is 5.57. The van der Waals surface area contributed by atoms with Crippen LogP contribution >= 0.6 is 0 Å². The van der Waals surface area contributed by atoms with Crippen molar-refractivity contribution in [1.29, 1.82) is 0 Å². The molecule has 0 spiro atoms. The molecule has 0 aliphatic heterocycles. The molecule has 2 nitrogen and oxygen atoms in total. The summed E-state index contributed by atoms with van der Waals surface area (Å²) in [6.45, 7) is 10.1. The van der Waals surface area contributed by atoms with Gasteiger partial charge in [-0.3, -0.25) is 0 Å². The minimum atomic E-state index is -0.115. The molecule has 1 unspecified atom stereocenters. The number of hydrogen-bond donors (Lipinski definition) is 1. The number of anilines is 1. The van der Waals surface area contributed by atoms with Gasteiger partial charge in [0.05, 0.1) is 0 Å². The molecular formula is C17H29FN2. The number of aryl methyl sites for hydroxylation is 1. The minimum absolute atomic E-state index is 0.115. The van der Waals surface area contributed by atoms with Crippen LogP contribution in [-0.2, 0) is 0 Å². The van der Waals surface area contributed by atoms with E-state index in [1.807, 2.05) is 13.0 Å². The second-order valence-electron chi connectivity index (χ2n) is 5.57. The van der Waals surface area contributed by atoms with Crippen molar-refractivity contribution in [3.8, 4) is 0 Å². The number of hydrogen-bond acceptors (Lipinski definition) is 2. The molecule has 1 aromatic carbocycles. The average molecular weight is 280 g/mol. The van der Waals surface area contributed by atoms with Crippen molar-refractivity contribution in [2.75, 3.05) is 25.0 Å². The summed E-state index contributed by atoms with van der Waals surface area (Å²) in [6, 6.07) is 3.83. The van der Waals surface area contributed by atoms with Gasteiger partial charge >= 0.3 is 0 Å². The van der Waals surface area contributed by atoms with E-state index in [1.165, 1.54) is 19.3 Å². The molecule has 114 valence electrons. The highest BCUT2D eigenvalue weighted by Crippen LogP contribution is 2.29. The maximum Gasteiger partial charge on any atom is 0.126 e. The minimum Gasteiger partial charge on any atom is -0.374 e. The third-order valence-electron chi connectivity index (χ3n) is 3.79. The topological polar surface area (TPSA) is 15.3 Å². The van der Waals surface area contributed by atoms with Crippen LogP contribution in [0.2, 0.25) is 0 Å². The maximum atomic E-state index is 13.9. The Morgan fingerprint density at radius 3 is 2.55 bits per heavy atom. The molecule has 0 aromatic heterocycles. The van der Waals surface area contributed by atoms with Gasteiger partial charge in [0, 0.05) is 25.3 Å². The summed E-state index contributed by atoms with van der Waals surface area (Å²) in [5, 5.41) is 3.38. The zero-order chi connectivity index (χ0) is 15.1. The van der Waals surface area contributed by atoms with Gasteiger partial charge in [-0.1, -0.05) is 26.7 Å². The Morgan fingerprint density at radius 1 is 1.25 bits per heavy atom. The van der Waals surface area contributed by atoms with Crippen molar-refractivity contribution < 1.29 is 4.39 Å². The molecule has 1 rings (SSSR count). The Balaban J connectivity index is 2.99. The van der Waals surface area contributed by atoms with Crippen LogP contribution in [0.15, 0.2) is 12.1 Å². The molecule has 0 amide bonds. The number of unbranched alkanes of at least 4 members (excludes halogenated alkanes) is 2. The summed E-state index contributed by atoms with van der Waals surface area (Å²) in [6.07, 6.45) is 3.64. The third kappa shape index (κ3) is 4.48. The Labute approximate surface area is 123 Å². The zero-order valence-electron chi connectivity index (χ0n) is 13.6. The average Bonchev–Trinajstić information content (AvgIpc) is 2.41. The first-order chi connectivity index (χ1) is 9.51. The smallest absolute Gasteiger partial charge is 0.126 e.